The van der Waals surface area contributed by atoms with Gasteiger partial charge in [0.2, 0.25) is 5.91 Å². The molecule has 9 nitrogen and oxygen atoms in total. The van der Waals surface area contributed by atoms with E-state index in [9.17, 15) is 9.59 Å². The maximum Gasteiger partial charge on any atom is 0.226 e. The van der Waals surface area contributed by atoms with E-state index in [0.717, 1.165) is 23.1 Å². The Labute approximate surface area is 200 Å². The molecular formula is C24H26N6O3S. The second-order valence-corrected chi connectivity index (χ2v) is 9.74. The normalized spacial score (nSPS) is 18.0. The highest BCUT2D eigenvalue weighted by Gasteiger charge is 2.33. The topological polar surface area (TPSA) is 134 Å². The number of nitrogens with two attached hydrogens (primary N) is 1. The molecule has 2 aliphatic rings. The second kappa shape index (κ2) is 9.02. The average Bonchev–Trinajstić information content (AvgIpc) is 3.23. The molecule has 1 atom stereocenters. The predicted molar refractivity (Wildman–Crippen MR) is 132 cm³/mol. The van der Waals surface area contributed by atoms with Gasteiger partial charge in [-0.1, -0.05) is 0 Å². The van der Waals surface area contributed by atoms with Crippen molar-refractivity contribution in [3.8, 4) is 5.75 Å². The lowest BCUT2D eigenvalue weighted by atomic mass is 9.86. The van der Waals surface area contributed by atoms with Crippen LogP contribution < -0.4 is 15.8 Å². The standard InChI is InChI=1S/C24H26N6O3S/c1-33-19-10-17(26)14(11-25)8-18(19)29-22-21-16-3-2-13(9-20(16)34-23(21)28-12-27-22)24(32)30-6-4-15(31)5-7-30/h8,10-13,25H,2-7,9,26H2,1H3,(H,27,28,29). The van der Waals surface area contributed by atoms with Crippen LogP contribution in [0.3, 0.4) is 0 Å². The van der Waals surface area contributed by atoms with Crippen LogP contribution in [0.1, 0.15) is 35.3 Å². The molecule has 1 amide bonds. The number of ether oxygens (including phenoxy) is 1. The molecule has 0 radical (unpaired) electrons. The molecule has 0 saturated carbocycles. The molecule has 3 heterocycles. The van der Waals surface area contributed by atoms with Crippen molar-refractivity contribution in [3.63, 3.8) is 0 Å². The molecule has 4 N–H and O–H groups in total. The number of anilines is 3. The number of carbonyl (C=O) groups is 2. The van der Waals surface area contributed by atoms with E-state index in [1.807, 2.05) is 4.90 Å². The summed E-state index contributed by atoms with van der Waals surface area (Å²) < 4.78 is 5.49. The Morgan fingerprint density at radius 3 is 2.82 bits per heavy atom. The number of piperidine rings is 1. The number of methoxy groups -OCH3 is 1. The minimum Gasteiger partial charge on any atom is -0.494 e. The molecule has 1 saturated heterocycles. The first-order valence-corrected chi connectivity index (χ1v) is 12.1. The summed E-state index contributed by atoms with van der Waals surface area (Å²) in [5.41, 5.74) is 8.90. The third kappa shape index (κ3) is 3.98. The molecule has 0 spiro atoms. The number of ketones is 1. The first-order valence-electron chi connectivity index (χ1n) is 11.3. The molecule has 1 aliphatic heterocycles. The maximum absolute atomic E-state index is 13.1. The van der Waals surface area contributed by atoms with Crippen molar-refractivity contribution in [1.82, 2.24) is 14.9 Å². The fourth-order valence-electron chi connectivity index (χ4n) is 4.78. The molecule has 1 aromatic carbocycles. The predicted octanol–water partition coefficient (Wildman–Crippen LogP) is 3.32. The molecule has 1 unspecified atom stereocenters. The average molecular weight is 479 g/mol. The van der Waals surface area contributed by atoms with Crippen LogP contribution in [0.15, 0.2) is 18.5 Å². The van der Waals surface area contributed by atoms with Crippen molar-refractivity contribution in [2.45, 2.75) is 32.1 Å². The van der Waals surface area contributed by atoms with Gasteiger partial charge >= 0.3 is 0 Å². The Balaban J connectivity index is 1.44. The van der Waals surface area contributed by atoms with Crippen molar-refractivity contribution in [2.24, 2.45) is 5.92 Å². The minimum absolute atomic E-state index is 0.0644. The summed E-state index contributed by atoms with van der Waals surface area (Å²) in [5, 5.41) is 11.9. The van der Waals surface area contributed by atoms with E-state index in [1.54, 1.807) is 30.6 Å². The molecule has 2 aromatic heterocycles. The largest absolute Gasteiger partial charge is 0.494 e. The highest BCUT2D eigenvalue weighted by Crippen LogP contribution is 2.42. The Kier molecular flexibility index (Phi) is 5.91. The van der Waals surface area contributed by atoms with Crippen LogP contribution in [0.5, 0.6) is 5.75 Å². The van der Waals surface area contributed by atoms with Crippen molar-refractivity contribution in [2.75, 3.05) is 31.2 Å². The number of hydrogen-bond donors (Lipinski definition) is 3. The third-order valence-electron chi connectivity index (χ3n) is 6.64. The van der Waals surface area contributed by atoms with Gasteiger partial charge in [-0.05, 0) is 30.9 Å². The van der Waals surface area contributed by atoms with Gasteiger partial charge in [0, 0.05) is 60.3 Å². The number of aryl methyl sites for hydroxylation is 1. The zero-order valence-corrected chi connectivity index (χ0v) is 19.7. The molecule has 1 fully saturated rings. The second-order valence-electron chi connectivity index (χ2n) is 8.66. The smallest absolute Gasteiger partial charge is 0.226 e. The quantitative estimate of drug-likeness (QED) is 0.378. The molecule has 3 aromatic rings. The number of hydrogen-bond acceptors (Lipinski definition) is 9. The monoisotopic (exact) mass is 478 g/mol. The number of nitrogen functional groups attached to an aromatic ring is 1. The molecular weight excluding hydrogens is 452 g/mol. The highest BCUT2D eigenvalue weighted by molar-refractivity contribution is 7.19. The van der Waals surface area contributed by atoms with E-state index >= 15 is 0 Å². The molecule has 0 bridgehead atoms. The third-order valence-corrected chi connectivity index (χ3v) is 7.80. The number of rotatable bonds is 5. The lowest BCUT2D eigenvalue weighted by Gasteiger charge is -2.31. The maximum atomic E-state index is 13.1. The molecule has 5 rings (SSSR count). The number of fused-ring (bicyclic) bond motifs is 3. The fourth-order valence-corrected chi connectivity index (χ4v) is 6.05. The number of Topliss-reactive ketones (excluding diaryl/α,β-unsaturated/α-hetero) is 1. The van der Waals surface area contributed by atoms with Gasteiger partial charge < -0.3 is 26.1 Å². The van der Waals surface area contributed by atoms with E-state index < -0.39 is 0 Å². The van der Waals surface area contributed by atoms with E-state index in [-0.39, 0.29) is 17.6 Å². The fraction of sp³-hybridized carbons (Fsp3) is 0.375. The van der Waals surface area contributed by atoms with Crippen LogP contribution in [-0.4, -0.2) is 53.0 Å². The van der Waals surface area contributed by atoms with Gasteiger partial charge in [-0.25, -0.2) is 9.97 Å². The zero-order valence-electron chi connectivity index (χ0n) is 18.9. The van der Waals surface area contributed by atoms with Gasteiger partial charge in [-0.2, -0.15) is 0 Å². The molecule has 34 heavy (non-hydrogen) atoms. The summed E-state index contributed by atoms with van der Waals surface area (Å²) in [7, 11) is 1.57. The number of carbonyl (C=O) groups excluding carboxylic acids is 2. The van der Waals surface area contributed by atoms with Gasteiger partial charge in [-0.3, -0.25) is 9.59 Å². The summed E-state index contributed by atoms with van der Waals surface area (Å²) in [4.78, 5) is 37.5. The van der Waals surface area contributed by atoms with Crippen molar-refractivity contribution < 1.29 is 14.3 Å². The van der Waals surface area contributed by atoms with Crippen molar-refractivity contribution >= 4 is 56.7 Å². The Bertz CT molecular complexity index is 1290. The van der Waals surface area contributed by atoms with Crippen LogP contribution >= 0.6 is 11.3 Å². The number of nitrogens with zero attached hydrogens (tertiary/aromatic N) is 3. The summed E-state index contributed by atoms with van der Waals surface area (Å²) in [5.74, 6) is 1.56. The lowest BCUT2D eigenvalue weighted by Crippen LogP contribution is -2.43. The highest BCUT2D eigenvalue weighted by atomic mass is 32.1. The van der Waals surface area contributed by atoms with E-state index in [2.05, 4.69) is 15.3 Å². The SMILES string of the molecule is COc1cc(N)c(C=N)cc1Nc1ncnc2sc3c(c12)CCC(C(=O)N1CCC(=O)CC1)C3. The van der Waals surface area contributed by atoms with Gasteiger partial charge in [-0.15, -0.1) is 11.3 Å². The van der Waals surface area contributed by atoms with E-state index in [1.165, 1.54) is 23.0 Å². The van der Waals surface area contributed by atoms with Crippen molar-refractivity contribution in [1.29, 1.82) is 5.41 Å². The number of likely N-dealkylation sites (tertiary alicyclic amines) is 1. The van der Waals surface area contributed by atoms with Crippen LogP contribution in [0.4, 0.5) is 17.2 Å². The van der Waals surface area contributed by atoms with E-state index in [0.29, 0.717) is 60.9 Å². The van der Waals surface area contributed by atoms with Gasteiger partial charge in [0.25, 0.3) is 0 Å². The summed E-state index contributed by atoms with van der Waals surface area (Å²) in [6.07, 6.45) is 5.88. The summed E-state index contributed by atoms with van der Waals surface area (Å²) in [6, 6.07) is 3.46. The summed E-state index contributed by atoms with van der Waals surface area (Å²) >= 11 is 1.61. The summed E-state index contributed by atoms with van der Waals surface area (Å²) in [6.45, 7) is 1.07. The number of thiophene rings is 1. The molecule has 176 valence electrons. The van der Waals surface area contributed by atoms with Gasteiger partial charge in [0.1, 0.15) is 28.5 Å². The Morgan fingerprint density at radius 2 is 2.09 bits per heavy atom. The van der Waals surface area contributed by atoms with Crippen LogP contribution in [-0.2, 0) is 22.4 Å². The van der Waals surface area contributed by atoms with Crippen LogP contribution in [0.2, 0.25) is 0 Å². The number of benzene rings is 1. The first kappa shape index (κ1) is 22.3. The van der Waals surface area contributed by atoms with Gasteiger partial charge in [0.15, 0.2) is 0 Å². The number of nitrogens with one attached hydrogen (secondary N) is 2. The van der Waals surface area contributed by atoms with Crippen LogP contribution in [0, 0.1) is 11.3 Å². The number of aromatic nitrogens is 2. The van der Waals surface area contributed by atoms with Crippen LogP contribution in [0.25, 0.3) is 10.2 Å². The lowest BCUT2D eigenvalue weighted by molar-refractivity contribution is -0.138. The zero-order chi connectivity index (χ0) is 23.8. The molecule has 10 heteroatoms. The number of amides is 1. The van der Waals surface area contributed by atoms with E-state index in [4.69, 9.17) is 15.9 Å². The first-order chi connectivity index (χ1) is 16.5. The van der Waals surface area contributed by atoms with Gasteiger partial charge in [0.05, 0.1) is 18.2 Å². The minimum atomic E-state index is -0.0644. The Morgan fingerprint density at radius 1 is 1.29 bits per heavy atom. The van der Waals surface area contributed by atoms with Crippen molar-refractivity contribution in [3.05, 3.63) is 34.5 Å². The molecule has 1 aliphatic carbocycles. The Hall–Kier alpha value is -3.53.